The number of hydrogen-bond donors (Lipinski definition) is 1. The van der Waals surface area contributed by atoms with Crippen LogP contribution in [0, 0.1) is 11.3 Å². The van der Waals surface area contributed by atoms with Gasteiger partial charge in [-0.05, 0) is 17.7 Å². The second-order valence-corrected chi connectivity index (χ2v) is 3.96. The molecule has 0 radical (unpaired) electrons. The number of halogens is 1. The van der Waals surface area contributed by atoms with E-state index in [0.717, 1.165) is 16.7 Å². The highest BCUT2D eigenvalue weighted by Gasteiger charge is 2.07. The van der Waals surface area contributed by atoms with E-state index in [2.05, 4.69) is 5.10 Å². The molecule has 86 valence electrons. The van der Waals surface area contributed by atoms with Crippen molar-refractivity contribution in [2.45, 2.75) is 13.2 Å². The van der Waals surface area contributed by atoms with Crippen molar-refractivity contribution in [3.05, 3.63) is 41.2 Å². The summed E-state index contributed by atoms with van der Waals surface area (Å²) in [4.78, 5) is 0. The van der Waals surface area contributed by atoms with Gasteiger partial charge >= 0.3 is 0 Å². The summed E-state index contributed by atoms with van der Waals surface area (Å²) in [5.74, 6) is 0. The Bertz CT molecular complexity index is 571. The van der Waals surface area contributed by atoms with E-state index in [-0.39, 0.29) is 13.2 Å². The molecule has 2 rings (SSSR count). The standard InChI is InChI=1S/C12H10ClN3O/c13-12-2-1-9(8-17)5-11(12)10-6-15-16(7-10)4-3-14/h1-2,5-7,17H,4,8H2. The van der Waals surface area contributed by atoms with Crippen LogP contribution in [0.4, 0.5) is 0 Å². The molecule has 0 saturated carbocycles. The third kappa shape index (κ3) is 2.47. The van der Waals surface area contributed by atoms with Crippen LogP contribution >= 0.6 is 11.6 Å². The second-order valence-electron chi connectivity index (χ2n) is 3.56. The van der Waals surface area contributed by atoms with Crippen molar-refractivity contribution in [2.24, 2.45) is 0 Å². The van der Waals surface area contributed by atoms with Gasteiger partial charge in [0.2, 0.25) is 0 Å². The molecule has 0 aliphatic carbocycles. The van der Waals surface area contributed by atoms with E-state index in [1.807, 2.05) is 12.1 Å². The SMILES string of the molecule is N#CCn1cc(-c2cc(CO)ccc2Cl)cn1. The van der Waals surface area contributed by atoms with Gasteiger partial charge in [-0.3, -0.25) is 4.68 Å². The van der Waals surface area contributed by atoms with Crippen LogP contribution in [-0.4, -0.2) is 14.9 Å². The van der Waals surface area contributed by atoms with E-state index in [0.29, 0.717) is 5.02 Å². The summed E-state index contributed by atoms with van der Waals surface area (Å²) < 4.78 is 1.54. The Kier molecular flexibility index (Phi) is 3.43. The average molecular weight is 248 g/mol. The molecule has 0 unspecified atom stereocenters. The fraction of sp³-hybridized carbons (Fsp3) is 0.167. The molecule has 0 aliphatic heterocycles. The lowest BCUT2D eigenvalue weighted by molar-refractivity contribution is 0.282. The largest absolute Gasteiger partial charge is 0.392 e. The van der Waals surface area contributed by atoms with Crippen LogP contribution in [0.15, 0.2) is 30.6 Å². The minimum Gasteiger partial charge on any atom is -0.392 e. The van der Waals surface area contributed by atoms with Crippen molar-refractivity contribution in [2.75, 3.05) is 0 Å². The van der Waals surface area contributed by atoms with Crippen LogP contribution in [0.25, 0.3) is 11.1 Å². The lowest BCUT2D eigenvalue weighted by atomic mass is 10.1. The first-order valence-electron chi connectivity index (χ1n) is 5.03. The summed E-state index contributed by atoms with van der Waals surface area (Å²) in [5, 5.41) is 22.3. The average Bonchev–Trinajstić information content (AvgIpc) is 2.79. The Hall–Kier alpha value is -1.83. The zero-order valence-electron chi connectivity index (χ0n) is 8.97. The number of hydrogen-bond acceptors (Lipinski definition) is 3. The highest BCUT2D eigenvalue weighted by Crippen LogP contribution is 2.28. The number of benzene rings is 1. The molecule has 0 bridgehead atoms. The minimum absolute atomic E-state index is 0.0312. The number of rotatable bonds is 3. The first-order chi connectivity index (χ1) is 8.24. The molecule has 0 aliphatic rings. The number of aliphatic hydroxyl groups excluding tert-OH is 1. The summed E-state index contributed by atoms with van der Waals surface area (Å²) >= 11 is 6.09. The van der Waals surface area contributed by atoms with Gasteiger partial charge in [0.1, 0.15) is 6.54 Å². The molecule has 1 aromatic carbocycles. The number of nitrogens with zero attached hydrogens (tertiary/aromatic N) is 3. The molecule has 0 spiro atoms. The van der Waals surface area contributed by atoms with Crippen LogP contribution in [0.3, 0.4) is 0 Å². The lowest BCUT2D eigenvalue weighted by Crippen LogP contribution is -1.94. The van der Waals surface area contributed by atoms with E-state index in [9.17, 15) is 0 Å². The van der Waals surface area contributed by atoms with E-state index in [1.54, 1.807) is 24.5 Å². The molecule has 0 saturated heterocycles. The molecule has 0 atom stereocenters. The summed E-state index contributed by atoms with van der Waals surface area (Å²) in [6, 6.07) is 7.34. The fourth-order valence-electron chi connectivity index (χ4n) is 1.55. The Morgan fingerprint density at radius 2 is 2.29 bits per heavy atom. The van der Waals surface area contributed by atoms with Crippen molar-refractivity contribution in [1.82, 2.24) is 9.78 Å². The van der Waals surface area contributed by atoms with Crippen LogP contribution < -0.4 is 0 Å². The summed E-state index contributed by atoms with van der Waals surface area (Å²) in [7, 11) is 0. The van der Waals surface area contributed by atoms with Gasteiger partial charge in [0.15, 0.2) is 0 Å². The van der Waals surface area contributed by atoms with Crippen LogP contribution in [0.2, 0.25) is 5.02 Å². The number of aromatic nitrogens is 2. The molecule has 0 fully saturated rings. The summed E-state index contributed by atoms with van der Waals surface area (Å²) in [5.41, 5.74) is 2.43. The van der Waals surface area contributed by atoms with Crippen molar-refractivity contribution in [3.8, 4) is 17.2 Å². The summed E-state index contributed by atoms with van der Waals surface area (Å²) in [6.45, 7) is 0.174. The van der Waals surface area contributed by atoms with Gasteiger partial charge in [-0.1, -0.05) is 17.7 Å². The number of aliphatic hydroxyl groups is 1. The van der Waals surface area contributed by atoms with Crippen molar-refractivity contribution in [3.63, 3.8) is 0 Å². The predicted molar refractivity (Wildman–Crippen MR) is 64.2 cm³/mol. The number of nitriles is 1. The van der Waals surface area contributed by atoms with Gasteiger partial charge in [0.05, 0.1) is 18.9 Å². The molecule has 1 N–H and O–H groups in total. The van der Waals surface area contributed by atoms with Gasteiger partial charge in [-0.2, -0.15) is 10.4 Å². The quantitative estimate of drug-likeness (QED) is 0.905. The lowest BCUT2D eigenvalue weighted by Gasteiger charge is -2.03. The molecular weight excluding hydrogens is 238 g/mol. The van der Waals surface area contributed by atoms with Crippen molar-refractivity contribution in [1.29, 1.82) is 5.26 Å². The zero-order chi connectivity index (χ0) is 12.3. The smallest absolute Gasteiger partial charge is 0.128 e. The van der Waals surface area contributed by atoms with Gasteiger partial charge < -0.3 is 5.11 Å². The monoisotopic (exact) mass is 247 g/mol. The maximum absolute atomic E-state index is 9.08. The van der Waals surface area contributed by atoms with Crippen LogP contribution in [0.1, 0.15) is 5.56 Å². The van der Waals surface area contributed by atoms with Gasteiger partial charge in [-0.25, -0.2) is 0 Å². The molecule has 5 heteroatoms. The van der Waals surface area contributed by atoms with E-state index < -0.39 is 0 Å². The first-order valence-corrected chi connectivity index (χ1v) is 5.41. The maximum atomic E-state index is 9.08. The maximum Gasteiger partial charge on any atom is 0.128 e. The van der Waals surface area contributed by atoms with Crippen molar-refractivity contribution < 1.29 is 5.11 Å². The van der Waals surface area contributed by atoms with Gasteiger partial charge in [-0.15, -0.1) is 0 Å². The third-order valence-corrected chi connectivity index (χ3v) is 2.72. The highest BCUT2D eigenvalue weighted by atomic mass is 35.5. The third-order valence-electron chi connectivity index (χ3n) is 2.39. The Morgan fingerprint density at radius 1 is 1.47 bits per heavy atom. The predicted octanol–water partition coefficient (Wildman–Crippen LogP) is 2.22. The fourth-order valence-corrected chi connectivity index (χ4v) is 1.78. The Morgan fingerprint density at radius 3 is 3.00 bits per heavy atom. The zero-order valence-corrected chi connectivity index (χ0v) is 9.72. The first kappa shape index (κ1) is 11.6. The molecule has 2 aromatic rings. The molecule has 1 heterocycles. The highest BCUT2D eigenvalue weighted by molar-refractivity contribution is 6.33. The minimum atomic E-state index is -0.0312. The summed E-state index contributed by atoms with van der Waals surface area (Å²) in [6.07, 6.45) is 3.41. The van der Waals surface area contributed by atoms with Crippen LogP contribution in [-0.2, 0) is 13.2 Å². The second kappa shape index (κ2) is 5.00. The van der Waals surface area contributed by atoms with E-state index >= 15 is 0 Å². The molecular formula is C12H10ClN3O. The van der Waals surface area contributed by atoms with Crippen LogP contribution in [0.5, 0.6) is 0 Å². The van der Waals surface area contributed by atoms with Crippen molar-refractivity contribution >= 4 is 11.6 Å². The van der Waals surface area contributed by atoms with E-state index in [4.69, 9.17) is 22.0 Å². The Labute approximate surface area is 104 Å². The van der Waals surface area contributed by atoms with Gasteiger partial charge in [0, 0.05) is 22.3 Å². The topological polar surface area (TPSA) is 61.8 Å². The molecule has 0 amide bonds. The van der Waals surface area contributed by atoms with E-state index in [1.165, 1.54) is 4.68 Å². The van der Waals surface area contributed by atoms with Gasteiger partial charge in [0.25, 0.3) is 0 Å². The Balaban J connectivity index is 2.41. The normalized spacial score (nSPS) is 10.2. The molecule has 1 aromatic heterocycles. The molecule has 4 nitrogen and oxygen atoms in total. The molecule has 17 heavy (non-hydrogen) atoms.